The molecule has 0 spiro atoms. The smallest absolute Gasteiger partial charge is 0.262 e. The molecule has 0 unspecified atom stereocenters. The van der Waals surface area contributed by atoms with Crippen molar-refractivity contribution >= 4 is 17.3 Å². The number of benzene rings is 3. The van der Waals surface area contributed by atoms with Gasteiger partial charge < -0.3 is 25.2 Å². The maximum atomic E-state index is 13.5. The summed E-state index contributed by atoms with van der Waals surface area (Å²) in [6.07, 6.45) is 3.43. The van der Waals surface area contributed by atoms with Crippen LogP contribution in [0.1, 0.15) is 27.0 Å². The number of carbonyl (C=O) groups is 1. The van der Waals surface area contributed by atoms with E-state index in [2.05, 4.69) is 15.5 Å². The summed E-state index contributed by atoms with van der Waals surface area (Å²) in [5, 5.41) is 30.5. The van der Waals surface area contributed by atoms with Crippen LogP contribution in [0.15, 0.2) is 73.1 Å². The minimum atomic E-state index is -0.374. The highest BCUT2D eigenvalue weighted by atomic mass is 16.5. The summed E-state index contributed by atoms with van der Waals surface area (Å²) in [4.78, 5) is 15.1. The van der Waals surface area contributed by atoms with Gasteiger partial charge in [0.25, 0.3) is 5.91 Å². The second kappa shape index (κ2) is 8.58. The number of nitrogens with one attached hydrogen (secondary N) is 2. The first-order valence-corrected chi connectivity index (χ1v) is 10.5. The fourth-order valence-electron chi connectivity index (χ4n) is 3.97. The summed E-state index contributed by atoms with van der Waals surface area (Å²) in [6, 6.07) is 17.8. The summed E-state index contributed by atoms with van der Waals surface area (Å²) >= 11 is 0. The normalized spacial score (nSPS) is 12.4. The van der Waals surface area contributed by atoms with E-state index in [0.29, 0.717) is 13.1 Å². The predicted molar refractivity (Wildman–Crippen MR) is 122 cm³/mol. The number of aromatic nitrogens is 2. The van der Waals surface area contributed by atoms with Crippen LogP contribution in [0.25, 0.3) is 0 Å². The lowest BCUT2D eigenvalue weighted by Gasteiger charge is -2.19. The number of fused-ring (bicyclic) bond motifs is 1. The van der Waals surface area contributed by atoms with Crippen molar-refractivity contribution in [1.29, 1.82) is 0 Å². The van der Waals surface area contributed by atoms with E-state index in [9.17, 15) is 15.0 Å². The second-order valence-electron chi connectivity index (χ2n) is 7.83. The third-order valence-corrected chi connectivity index (χ3v) is 5.56. The van der Waals surface area contributed by atoms with Gasteiger partial charge in [0.1, 0.15) is 29.4 Å². The molecule has 0 bridgehead atoms. The van der Waals surface area contributed by atoms with E-state index in [1.165, 1.54) is 6.07 Å². The molecule has 8 heteroatoms. The SMILES string of the molecule is O=C(c1c(O)cc(O)cc1OCc1ccccc1)N1Cc2cccc(Nc3cn[nH]c3)c2C1. The van der Waals surface area contributed by atoms with Crippen molar-refractivity contribution in [2.75, 3.05) is 5.32 Å². The Balaban J connectivity index is 1.40. The highest BCUT2D eigenvalue weighted by molar-refractivity contribution is 6.00. The van der Waals surface area contributed by atoms with Gasteiger partial charge in [-0.15, -0.1) is 0 Å². The van der Waals surface area contributed by atoms with Gasteiger partial charge in [0.15, 0.2) is 0 Å². The van der Waals surface area contributed by atoms with Crippen LogP contribution in [-0.4, -0.2) is 31.2 Å². The summed E-state index contributed by atoms with van der Waals surface area (Å²) in [5.74, 6) is -0.741. The molecule has 8 nitrogen and oxygen atoms in total. The Bertz CT molecular complexity index is 1290. The van der Waals surface area contributed by atoms with Gasteiger partial charge in [0.2, 0.25) is 0 Å². The summed E-state index contributed by atoms with van der Waals surface area (Å²) in [6.45, 7) is 0.962. The van der Waals surface area contributed by atoms with E-state index in [1.807, 2.05) is 48.5 Å². The number of carbonyl (C=O) groups excluding carboxylic acids is 1. The Kier molecular flexibility index (Phi) is 5.32. The fourth-order valence-corrected chi connectivity index (χ4v) is 3.97. The lowest BCUT2D eigenvalue weighted by atomic mass is 10.1. The zero-order chi connectivity index (χ0) is 22.8. The molecule has 0 saturated carbocycles. The average Bonchev–Trinajstić information content (AvgIpc) is 3.48. The molecule has 0 radical (unpaired) electrons. The molecule has 1 aromatic heterocycles. The largest absolute Gasteiger partial charge is 0.508 e. The Hall–Kier alpha value is -4.46. The number of aromatic amines is 1. The number of nitrogens with zero attached hydrogens (tertiary/aromatic N) is 2. The number of anilines is 2. The second-order valence-corrected chi connectivity index (χ2v) is 7.83. The number of aromatic hydroxyl groups is 2. The molecule has 1 amide bonds. The quantitative estimate of drug-likeness (QED) is 0.354. The highest BCUT2D eigenvalue weighted by Gasteiger charge is 2.30. The third kappa shape index (κ3) is 4.18. The first kappa shape index (κ1) is 20.4. The Labute approximate surface area is 190 Å². The van der Waals surface area contributed by atoms with Gasteiger partial charge >= 0.3 is 0 Å². The number of amides is 1. The van der Waals surface area contributed by atoms with Gasteiger partial charge in [0.05, 0.1) is 11.9 Å². The molecule has 33 heavy (non-hydrogen) atoms. The zero-order valence-corrected chi connectivity index (χ0v) is 17.7. The predicted octanol–water partition coefficient (Wildman–Crippen LogP) is 4.30. The molecule has 1 aliphatic rings. The molecule has 0 atom stereocenters. The molecule has 166 valence electrons. The Morgan fingerprint density at radius 2 is 1.94 bits per heavy atom. The molecular formula is C25H22N4O4. The molecular weight excluding hydrogens is 420 g/mol. The molecule has 3 aromatic carbocycles. The van der Waals surface area contributed by atoms with Crippen molar-refractivity contribution in [2.45, 2.75) is 19.7 Å². The van der Waals surface area contributed by atoms with Crippen molar-refractivity contribution in [3.05, 3.63) is 95.3 Å². The van der Waals surface area contributed by atoms with Crippen LogP contribution in [-0.2, 0) is 19.7 Å². The monoisotopic (exact) mass is 442 g/mol. The van der Waals surface area contributed by atoms with E-state index in [4.69, 9.17) is 4.74 Å². The topological polar surface area (TPSA) is 111 Å². The lowest BCUT2D eigenvalue weighted by Crippen LogP contribution is -2.26. The maximum absolute atomic E-state index is 13.5. The molecule has 0 fully saturated rings. The number of hydrogen-bond donors (Lipinski definition) is 4. The molecule has 1 aliphatic heterocycles. The van der Waals surface area contributed by atoms with Crippen molar-refractivity contribution < 1.29 is 19.7 Å². The summed E-state index contributed by atoms with van der Waals surface area (Å²) in [5.41, 5.74) is 4.66. The van der Waals surface area contributed by atoms with Crippen molar-refractivity contribution in [2.24, 2.45) is 0 Å². The number of H-pyrrole nitrogens is 1. The fraction of sp³-hybridized carbons (Fsp3) is 0.120. The van der Waals surface area contributed by atoms with Crippen molar-refractivity contribution in [1.82, 2.24) is 15.1 Å². The maximum Gasteiger partial charge on any atom is 0.262 e. The number of rotatable bonds is 6. The minimum absolute atomic E-state index is 0.0286. The molecule has 0 aliphatic carbocycles. The standard InChI is InChI=1S/C25H22N4O4/c30-19-9-22(31)24(23(10-19)33-15-16-5-2-1-3-6-16)25(32)29-13-17-7-4-8-21(20(17)14-29)28-18-11-26-27-12-18/h1-12,28,30-31H,13-15H2,(H,26,27). The Morgan fingerprint density at radius 1 is 1.09 bits per heavy atom. The molecule has 0 saturated heterocycles. The number of ether oxygens (including phenoxy) is 1. The number of hydrogen-bond acceptors (Lipinski definition) is 6. The van der Waals surface area contributed by atoms with Crippen LogP contribution in [0.4, 0.5) is 11.4 Å². The van der Waals surface area contributed by atoms with Crippen molar-refractivity contribution in [3.63, 3.8) is 0 Å². The lowest BCUT2D eigenvalue weighted by molar-refractivity contribution is 0.0743. The van der Waals surface area contributed by atoms with Gasteiger partial charge in [0, 0.05) is 37.1 Å². The van der Waals surface area contributed by atoms with Gasteiger partial charge in [-0.1, -0.05) is 42.5 Å². The highest BCUT2D eigenvalue weighted by Crippen LogP contribution is 2.37. The minimum Gasteiger partial charge on any atom is -0.508 e. The average molecular weight is 442 g/mol. The molecule has 4 N–H and O–H groups in total. The first-order valence-electron chi connectivity index (χ1n) is 10.5. The summed E-state index contributed by atoms with van der Waals surface area (Å²) in [7, 11) is 0. The zero-order valence-electron chi connectivity index (χ0n) is 17.7. The van der Waals surface area contributed by atoms with E-state index in [1.54, 1.807) is 17.3 Å². The Morgan fingerprint density at radius 3 is 2.73 bits per heavy atom. The molecule has 4 aromatic rings. The molecule has 2 heterocycles. The van der Waals surface area contributed by atoms with E-state index in [-0.39, 0.29) is 35.3 Å². The van der Waals surface area contributed by atoms with Crippen LogP contribution >= 0.6 is 0 Å². The number of phenols is 2. The van der Waals surface area contributed by atoms with Crippen LogP contribution in [0.5, 0.6) is 17.2 Å². The van der Waals surface area contributed by atoms with E-state index < -0.39 is 0 Å². The van der Waals surface area contributed by atoms with E-state index >= 15 is 0 Å². The third-order valence-electron chi connectivity index (χ3n) is 5.56. The van der Waals surface area contributed by atoms with Gasteiger partial charge in [-0.05, 0) is 22.8 Å². The molecule has 5 rings (SSSR count). The van der Waals surface area contributed by atoms with Crippen LogP contribution in [0.3, 0.4) is 0 Å². The summed E-state index contributed by atoms with van der Waals surface area (Å²) < 4.78 is 5.85. The van der Waals surface area contributed by atoms with Crippen LogP contribution in [0, 0.1) is 0 Å². The van der Waals surface area contributed by atoms with E-state index in [0.717, 1.165) is 34.1 Å². The number of phenolic OH excluding ortho intramolecular Hbond substituents is 2. The van der Waals surface area contributed by atoms with Gasteiger partial charge in [-0.2, -0.15) is 5.10 Å². The van der Waals surface area contributed by atoms with Gasteiger partial charge in [-0.25, -0.2) is 0 Å². The first-order chi connectivity index (χ1) is 16.1. The van der Waals surface area contributed by atoms with Crippen LogP contribution < -0.4 is 10.1 Å². The van der Waals surface area contributed by atoms with Crippen molar-refractivity contribution in [3.8, 4) is 17.2 Å². The van der Waals surface area contributed by atoms with Gasteiger partial charge in [-0.3, -0.25) is 9.89 Å². The van der Waals surface area contributed by atoms with Crippen LogP contribution in [0.2, 0.25) is 0 Å².